The van der Waals surface area contributed by atoms with Gasteiger partial charge in [0.25, 0.3) is 11.8 Å². The van der Waals surface area contributed by atoms with Crippen molar-refractivity contribution >= 4 is 17.5 Å². The van der Waals surface area contributed by atoms with Gasteiger partial charge < -0.3 is 29.6 Å². The first kappa shape index (κ1) is 26.4. The summed E-state index contributed by atoms with van der Waals surface area (Å²) in [6.07, 6.45) is 0.339. The molecule has 1 atom stereocenters. The van der Waals surface area contributed by atoms with Gasteiger partial charge in [-0.1, -0.05) is 25.1 Å². The molecule has 3 aromatic rings. The van der Waals surface area contributed by atoms with E-state index in [1.54, 1.807) is 69.9 Å². The zero-order valence-corrected chi connectivity index (χ0v) is 21.0. The van der Waals surface area contributed by atoms with Crippen LogP contribution in [0.25, 0.3) is 0 Å². The van der Waals surface area contributed by atoms with Crippen molar-refractivity contribution in [2.45, 2.75) is 25.9 Å². The number of amides is 2. The largest absolute Gasteiger partial charge is 0.497 e. The van der Waals surface area contributed by atoms with Crippen molar-refractivity contribution in [3.8, 4) is 23.0 Å². The Morgan fingerprint density at radius 2 is 1.53 bits per heavy atom. The average molecular weight is 493 g/mol. The monoisotopic (exact) mass is 492 g/mol. The van der Waals surface area contributed by atoms with E-state index in [-0.39, 0.29) is 11.8 Å². The van der Waals surface area contributed by atoms with Gasteiger partial charge >= 0.3 is 0 Å². The summed E-state index contributed by atoms with van der Waals surface area (Å²) in [5, 5.41) is 5.76. The summed E-state index contributed by atoms with van der Waals surface area (Å²) in [7, 11) is 4.75. The van der Waals surface area contributed by atoms with Crippen LogP contribution in [0.4, 0.5) is 5.69 Å². The second-order valence-corrected chi connectivity index (χ2v) is 7.92. The second kappa shape index (κ2) is 13.0. The average Bonchev–Trinajstić information content (AvgIpc) is 2.92. The van der Waals surface area contributed by atoms with E-state index < -0.39 is 6.10 Å². The summed E-state index contributed by atoms with van der Waals surface area (Å²) >= 11 is 0. The van der Waals surface area contributed by atoms with Crippen LogP contribution in [0.3, 0.4) is 0 Å². The van der Waals surface area contributed by atoms with Gasteiger partial charge in [0.15, 0.2) is 17.6 Å². The molecule has 3 aromatic carbocycles. The van der Waals surface area contributed by atoms with Crippen molar-refractivity contribution in [3.63, 3.8) is 0 Å². The Hall–Kier alpha value is -4.20. The highest BCUT2D eigenvalue weighted by Crippen LogP contribution is 2.27. The SMILES string of the molecule is CC[C@H](Oc1ccc(OC)cc1)C(=O)Nc1ccccc1C(=O)NCCc1ccc(OC)c(OC)c1. The number of carbonyl (C=O) groups is 2. The highest BCUT2D eigenvalue weighted by Gasteiger charge is 2.21. The number of ether oxygens (including phenoxy) is 4. The molecule has 0 heterocycles. The van der Waals surface area contributed by atoms with E-state index in [1.165, 1.54) is 0 Å². The molecular weight excluding hydrogens is 460 g/mol. The van der Waals surface area contributed by atoms with Crippen LogP contribution in [-0.4, -0.2) is 45.8 Å². The molecule has 8 heteroatoms. The lowest BCUT2D eigenvalue weighted by Gasteiger charge is -2.18. The van der Waals surface area contributed by atoms with Crippen molar-refractivity contribution in [1.82, 2.24) is 5.32 Å². The zero-order chi connectivity index (χ0) is 25.9. The zero-order valence-electron chi connectivity index (χ0n) is 21.0. The first-order valence-corrected chi connectivity index (χ1v) is 11.7. The molecule has 2 amide bonds. The molecule has 3 rings (SSSR count). The van der Waals surface area contributed by atoms with Gasteiger partial charge in [-0.15, -0.1) is 0 Å². The minimum atomic E-state index is -0.723. The minimum absolute atomic E-state index is 0.282. The van der Waals surface area contributed by atoms with Crippen molar-refractivity contribution in [3.05, 3.63) is 77.9 Å². The van der Waals surface area contributed by atoms with Crippen LogP contribution >= 0.6 is 0 Å². The molecule has 0 spiro atoms. The molecule has 0 unspecified atom stereocenters. The lowest BCUT2D eigenvalue weighted by atomic mass is 10.1. The lowest BCUT2D eigenvalue weighted by molar-refractivity contribution is -0.122. The van der Waals surface area contributed by atoms with Gasteiger partial charge in [0.05, 0.1) is 32.6 Å². The van der Waals surface area contributed by atoms with Crippen molar-refractivity contribution in [1.29, 1.82) is 0 Å². The number of hydrogen-bond acceptors (Lipinski definition) is 6. The summed E-state index contributed by atoms with van der Waals surface area (Å²) in [4.78, 5) is 25.8. The lowest BCUT2D eigenvalue weighted by Crippen LogP contribution is -2.33. The van der Waals surface area contributed by atoms with Crippen molar-refractivity contribution in [2.24, 2.45) is 0 Å². The quantitative estimate of drug-likeness (QED) is 0.387. The molecule has 0 aliphatic heterocycles. The van der Waals surface area contributed by atoms with E-state index in [2.05, 4.69) is 10.6 Å². The number of nitrogens with one attached hydrogen (secondary N) is 2. The molecule has 0 fully saturated rings. The van der Waals surface area contributed by atoms with Crippen LogP contribution in [0.15, 0.2) is 66.7 Å². The van der Waals surface area contributed by atoms with Crippen LogP contribution < -0.4 is 29.6 Å². The first-order valence-electron chi connectivity index (χ1n) is 11.7. The van der Waals surface area contributed by atoms with Gasteiger partial charge in [-0.2, -0.15) is 0 Å². The van der Waals surface area contributed by atoms with Crippen molar-refractivity contribution < 1.29 is 28.5 Å². The molecule has 8 nitrogen and oxygen atoms in total. The van der Waals surface area contributed by atoms with Gasteiger partial charge in [-0.25, -0.2) is 0 Å². The van der Waals surface area contributed by atoms with E-state index in [4.69, 9.17) is 18.9 Å². The minimum Gasteiger partial charge on any atom is -0.497 e. The number of benzene rings is 3. The molecule has 0 radical (unpaired) electrons. The van der Waals surface area contributed by atoms with E-state index in [9.17, 15) is 9.59 Å². The van der Waals surface area contributed by atoms with Crippen LogP contribution in [0.2, 0.25) is 0 Å². The maximum Gasteiger partial charge on any atom is 0.265 e. The molecule has 0 aromatic heterocycles. The number of rotatable bonds is 12. The van der Waals surface area contributed by atoms with E-state index in [0.717, 1.165) is 5.56 Å². The third kappa shape index (κ3) is 6.91. The number of carbonyl (C=O) groups excluding carboxylic acids is 2. The third-order valence-electron chi connectivity index (χ3n) is 5.58. The first-order chi connectivity index (χ1) is 17.5. The fourth-order valence-electron chi connectivity index (χ4n) is 3.60. The summed E-state index contributed by atoms with van der Waals surface area (Å²) in [5.41, 5.74) is 1.79. The molecule has 0 saturated carbocycles. The second-order valence-electron chi connectivity index (χ2n) is 7.92. The molecule has 0 aliphatic carbocycles. The maximum atomic E-state index is 12.9. The molecule has 0 aliphatic rings. The van der Waals surface area contributed by atoms with Gasteiger partial charge in [-0.05, 0) is 66.9 Å². The van der Waals surface area contributed by atoms with Crippen molar-refractivity contribution in [2.75, 3.05) is 33.2 Å². The van der Waals surface area contributed by atoms with Crippen LogP contribution in [-0.2, 0) is 11.2 Å². The maximum absolute atomic E-state index is 12.9. The summed E-state index contributed by atoms with van der Waals surface area (Å²) in [5.74, 6) is 1.92. The summed E-state index contributed by atoms with van der Waals surface area (Å²) in [6, 6.07) is 19.5. The Bertz CT molecular complexity index is 1160. The van der Waals surface area contributed by atoms with Crippen LogP contribution in [0.5, 0.6) is 23.0 Å². The van der Waals surface area contributed by atoms with E-state index >= 15 is 0 Å². The van der Waals surface area contributed by atoms with Gasteiger partial charge in [0, 0.05) is 6.54 Å². The van der Waals surface area contributed by atoms with E-state index in [0.29, 0.717) is 53.6 Å². The molecular formula is C28H32N2O6. The molecule has 2 N–H and O–H groups in total. The Labute approximate surface area is 211 Å². The molecule has 0 saturated heterocycles. The Morgan fingerprint density at radius 3 is 2.19 bits per heavy atom. The predicted molar refractivity (Wildman–Crippen MR) is 138 cm³/mol. The number of anilines is 1. The normalized spacial score (nSPS) is 11.2. The highest BCUT2D eigenvalue weighted by molar-refractivity contribution is 6.04. The Balaban J connectivity index is 1.61. The Morgan fingerprint density at radius 1 is 0.833 bits per heavy atom. The number of methoxy groups -OCH3 is 3. The van der Waals surface area contributed by atoms with Gasteiger partial charge in [0.1, 0.15) is 11.5 Å². The summed E-state index contributed by atoms with van der Waals surface area (Å²) < 4.78 is 21.6. The smallest absolute Gasteiger partial charge is 0.265 e. The number of para-hydroxylation sites is 1. The van der Waals surface area contributed by atoms with E-state index in [1.807, 2.05) is 25.1 Å². The molecule has 190 valence electrons. The van der Waals surface area contributed by atoms with Gasteiger partial charge in [0.2, 0.25) is 0 Å². The molecule has 36 heavy (non-hydrogen) atoms. The topological polar surface area (TPSA) is 95.1 Å². The van der Waals surface area contributed by atoms with Gasteiger partial charge in [-0.3, -0.25) is 9.59 Å². The fraction of sp³-hybridized carbons (Fsp3) is 0.286. The van der Waals surface area contributed by atoms with Crippen LogP contribution in [0.1, 0.15) is 29.3 Å². The third-order valence-corrected chi connectivity index (χ3v) is 5.58. The fourth-order valence-corrected chi connectivity index (χ4v) is 3.60. The Kier molecular flexibility index (Phi) is 9.56. The number of hydrogen-bond donors (Lipinski definition) is 2. The van der Waals surface area contributed by atoms with Crippen LogP contribution in [0, 0.1) is 0 Å². The molecule has 0 bridgehead atoms. The predicted octanol–water partition coefficient (Wildman–Crippen LogP) is 4.48. The summed E-state index contributed by atoms with van der Waals surface area (Å²) in [6.45, 7) is 2.27. The highest BCUT2D eigenvalue weighted by atomic mass is 16.5. The standard InChI is InChI=1S/C28H32N2O6/c1-5-24(36-21-13-11-20(33-2)12-14-21)28(32)30-23-9-7-6-8-22(23)27(31)29-17-16-19-10-15-25(34-3)26(18-19)35-4/h6-15,18,24H,5,16-17H2,1-4H3,(H,29,31)(H,30,32)/t24-/m0/s1.